The molecule has 0 unspecified atom stereocenters. The first-order valence-corrected chi connectivity index (χ1v) is 7.63. The predicted molar refractivity (Wildman–Crippen MR) is 87.1 cm³/mol. The summed E-state index contributed by atoms with van der Waals surface area (Å²) in [6, 6.07) is 4.03. The molecule has 1 aromatic rings. The second-order valence-electron chi connectivity index (χ2n) is 5.73. The van der Waals surface area contributed by atoms with E-state index >= 15 is 0 Å². The molecule has 118 valence electrons. The van der Waals surface area contributed by atoms with Crippen LogP contribution in [-0.4, -0.2) is 19.7 Å². The summed E-state index contributed by atoms with van der Waals surface area (Å²) < 4.78 is 5.46. The quantitative estimate of drug-likeness (QED) is 0.835. The van der Waals surface area contributed by atoms with Crippen LogP contribution < -0.4 is 15.4 Å². The summed E-state index contributed by atoms with van der Waals surface area (Å²) in [6.45, 7) is 11.1. The SMILES string of the molecule is CCCNC(=O)N[C@H](C)c1cc(C(C)C)c(OC)cc1C. The highest BCUT2D eigenvalue weighted by Crippen LogP contribution is 2.31. The highest BCUT2D eigenvalue weighted by atomic mass is 16.5. The summed E-state index contributed by atoms with van der Waals surface area (Å²) in [4.78, 5) is 11.8. The molecule has 0 bridgehead atoms. The highest BCUT2D eigenvalue weighted by Gasteiger charge is 2.16. The van der Waals surface area contributed by atoms with Gasteiger partial charge in [0.15, 0.2) is 0 Å². The van der Waals surface area contributed by atoms with Gasteiger partial charge in [0.05, 0.1) is 13.2 Å². The number of hydrogen-bond donors (Lipinski definition) is 2. The van der Waals surface area contributed by atoms with Crippen molar-refractivity contribution < 1.29 is 9.53 Å². The van der Waals surface area contributed by atoms with Crippen LogP contribution in [0.1, 0.15) is 62.8 Å². The summed E-state index contributed by atoms with van der Waals surface area (Å²) in [6.07, 6.45) is 0.931. The van der Waals surface area contributed by atoms with Crippen molar-refractivity contribution in [1.29, 1.82) is 0 Å². The minimum absolute atomic E-state index is 0.0368. The van der Waals surface area contributed by atoms with Crippen LogP contribution in [-0.2, 0) is 0 Å². The van der Waals surface area contributed by atoms with Gasteiger partial charge in [-0.2, -0.15) is 0 Å². The van der Waals surface area contributed by atoms with E-state index in [0.29, 0.717) is 12.5 Å². The number of aryl methyl sites for hydroxylation is 1. The van der Waals surface area contributed by atoms with Crippen LogP contribution in [0.3, 0.4) is 0 Å². The zero-order valence-corrected chi connectivity index (χ0v) is 14.0. The Hall–Kier alpha value is -1.71. The van der Waals surface area contributed by atoms with Crippen LogP contribution in [0, 0.1) is 6.92 Å². The minimum Gasteiger partial charge on any atom is -0.496 e. The Balaban J connectivity index is 2.96. The van der Waals surface area contributed by atoms with Gasteiger partial charge in [0.25, 0.3) is 0 Å². The topological polar surface area (TPSA) is 50.4 Å². The maximum atomic E-state index is 11.8. The van der Waals surface area contributed by atoms with E-state index in [1.165, 1.54) is 5.56 Å². The lowest BCUT2D eigenvalue weighted by atomic mass is 9.93. The molecule has 1 atom stereocenters. The van der Waals surface area contributed by atoms with Crippen molar-refractivity contribution in [1.82, 2.24) is 10.6 Å². The third-order valence-corrected chi connectivity index (χ3v) is 3.59. The zero-order chi connectivity index (χ0) is 16.0. The van der Waals surface area contributed by atoms with Crippen molar-refractivity contribution in [2.75, 3.05) is 13.7 Å². The molecule has 1 aromatic carbocycles. The average Bonchev–Trinajstić information content (AvgIpc) is 2.43. The van der Waals surface area contributed by atoms with E-state index in [1.54, 1.807) is 7.11 Å². The monoisotopic (exact) mass is 292 g/mol. The Morgan fingerprint density at radius 3 is 2.43 bits per heavy atom. The van der Waals surface area contributed by atoms with Crippen LogP contribution in [0.15, 0.2) is 12.1 Å². The van der Waals surface area contributed by atoms with Crippen molar-refractivity contribution in [2.24, 2.45) is 0 Å². The molecule has 2 N–H and O–H groups in total. The fourth-order valence-corrected chi connectivity index (χ4v) is 2.37. The van der Waals surface area contributed by atoms with E-state index in [-0.39, 0.29) is 12.1 Å². The van der Waals surface area contributed by atoms with Crippen molar-refractivity contribution in [3.63, 3.8) is 0 Å². The van der Waals surface area contributed by atoms with Gasteiger partial charge in [-0.3, -0.25) is 0 Å². The number of carbonyl (C=O) groups excluding carboxylic acids is 1. The summed E-state index contributed by atoms with van der Waals surface area (Å²) >= 11 is 0. The molecule has 0 aliphatic heterocycles. The van der Waals surface area contributed by atoms with E-state index in [2.05, 4.69) is 30.5 Å². The molecule has 21 heavy (non-hydrogen) atoms. The smallest absolute Gasteiger partial charge is 0.315 e. The van der Waals surface area contributed by atoms with Gasteiger partial charge >= 0.3 is 6.03 Å². The van der Waals surface area contributed by atoms with Crippen LogP contribution in [0.25, 0.3) is 0 Å². The molecule has 0 heterocycles. The number of rotatable bonds is 6. The molecule has 0 saturated carbocycles. The zero-order valence-electron chi connectivity index (χ0n) is 14.0. The lowest BCUT2D eigenvalue weighted by Gasteiger charge is -2.21. The molecule has 4 heteroatoms. The molecule has 0 fully saturated rings. The van der Waals surface area contributed by atoms with Crippen molar-refractivity contribution >= 4 is 6.03 Å². The maximum absolute atomic E-state index is 11.8. The van der Waals surface area contributed by atoms with Gasteiger partial charge in [0.1, 0.15) is 5.75 Å². The first kappa shape index (κ1) is 17.3. The van der Waals surface area contributed by atoms with Crippen molar-refractivity contribution in [3.05, 3.63) is 28.8 Å². The minimum atomic E-state index is -0.120. The Morgan fingerprint density at radius 1 is 1.24 bits per heavy atom. The summed E-state index contributed by atoms with van der Waals surface area (Å²) in [5.41, 5.74) is 3.42. The second-order valence-corrected chi connectivity index (χ2v) is 5.73. The van der Waals surface area contributed by atoms with Crippen LogP contribution in [0.4, 0.5) is 4.79 Å². The standard InChI is InChI=1S/C17H28N2O2/c1-7-8-18-17(20)19-13(5)15-10-14(11(2)3)16(21-6)9-12(15)4/h9-11,13H,7-8H2,1-6H3,(H2,18,19,20)/t13-/m1/s1. The molecule has 2 amide bonds. The third kappa shape index (κ3) is 4.66. The fraction of sp³-hybridized carbons (Fsp3) is 0.588. The number of benzene rings is 1. The molecule has 0 radical (unpaired) electrons. The molecule has 0 aliphatic rings. The predicted octanol–water partition coefficient (Wildman–Crippen LogP) is 3.90. The Morgan fingerprint density at radius 2 is 1.90 bits per heavy atom. The molecule has 0 aromatic heterocycles. The number of amides is 2. The van der Waals surface area contributed by atoms with Gasteiger partial charge in [-0.25, -0.2) is 4.79 Å². The molecule has 0 aliphatic carbocycles. The number of carbonyl (C=O) groups is 1. The van der Waals surface area contributed by atoms with Crippen LogP contribution >= 0.6 is 0 Å². The van der Waals surface area contributed by atoms with Gasteiger partial charge in [-0.1, -0.05) is 20.8 Å². The number of nitrogens with one attached hydrogen (secondary N) is 2. The lowest BCUT2D eigenvalue weighted by molar-refractivity contribution is 0.238. The lowest BCUT2D eigenvalue weighted by Crippen LogP contribution is -2.37. The van der Waals surface area contributed by atoms with E-state index < -0.39 is 0 Å². The van der Waals surface area contributed by atoms with Crippen molar-refractivity contribution in [3.8, 4) is 5.75 Å². The maximum Gasteiger partial charge on any atom is 0.315 e. The molecule has 0 spiro atoms. The van der Waals surface area contributed by atoms with Crippen LogP contribution in [0.2, 0.25) is 0 Å². The summed E-state index contributed by atoms with van der Waals surface area (Å²) in [7, 11) is 1.69. The Kier molecular flexibility index (Phi) is 6.53. The van der Waals surface area contributed by atoms with Gasteiger partial charge in [-0.15, -0.1) is 0 Å². The number of hydrogen-bond acceptors (Lipinski definition) is 2. The number of urea groups is 1. The van der Waals surface area contributed by atoms with E-state index in [0.717, 1.165) is 23.3 Å². The van der Waals surface area contributed by atoms with E-state index in [9.17, 15) is 4.79 Å². The first-order valence-electron chi connectivity index (χ1n) is 7.63. The Labute approximate surface area is 128 Å². The number of methoxy groups -OCH3 is 1. The largest absolute Gasteiger partial charge is 0.496 e. The molecular formula is C17H28N2O2. The van der Waals surface area contributed by atoms with Crippen LogP contribution in [0.5, 0.6) is 5.75 Å². The van der Waals surface area contributed by atoms with Gasteiger partial charge in [0.2, 0.25) is 0 Å². The van der Waals surface area contributed by atoms with Gasteiger partial charge < -0.3 is 15.4 Å². The number of ether oxygens (including phenoxy) is 1. The van der Waals surface area contributed by atoms with Gasteiger partial charge in [0, 0.05) is 6.54 Å². The highest BCUT2D eigenvalue weighted by molar-refractivity contribution is 5.74. The van der Waals surface area contributed by atoms with Crippen molar-refractivity contribution in [2.45, 2.75) is 53.0 Å². The molecule has 0 saturated heterocycles. The molecular weight excluding hydrogens is 264 g/mol. The summed E-state index contributed by atoms with van der Waals surface area (Å²) in [5.74, 6) is 1.29. The van der Waals surface area contributed by atoms with E-state index in [4.69, 9.17) is 4.74 Å². The normalized spacial score (nSPS) is 12.1. The fourth-order valence-electron chi connectivity index (χ4n) is 2.37. The third-order valence-electron chi connectivity index (χ3n) is 3.59. The Bertz CT molecular complexity index is 484. The first-order chi connectivity index (χ1) is 9.90. The average molecular weight is 292 g/mol. The van der Waals surface area contributed by atoms with Gasteiger partial charge in [-0.05, 0) is 55.0 Å². The summed E-state index contributed by atoms with van der Waals surface area (Å²) in [5, 5.41) is 5.82. The molecule has 1 rings (SSSR count). The second kappa shape index (κ2) is 7.91. The molecule has 4 nitrogen and oxygen atoms in total. The van der Waals surface area contributed by atoms with E-state index in [1.807, 2.05) is 26.8 Å².